The molecule has 0 spiro atoms. The molecule has 0 radical (unpaired) electrons. The minimum atomic E-state index is -0.548. The monoisotopic (exact) mass is 366 g/mol. The number of ether oxygens (including phenoxy) is 3. The van der Waals surface area contributed by atoms with Gasteiger partial charge in [0.05, 0.1) is 24.3 Å². The van der Waals surface area contributed by atoms with Crippen LogP contribution < -0.4 is 15.8 Å². The highest BCUT2D eigenvalue weighted by Crippen LogP contribution is 2.29. The quantitative estimate of drug-likeness (QED) is 0.806. The van der Waals surface area contributed by atoms with Gasteiger partial charge in [-0.3, -0.25) is 9.59 Å². The van der Waals surface area contributed by atoms with Gasteiger partial charge in [0, 0.05) is 17.2 Å². The molecule has 3 rings (SSSR count). The normalized spacial score (nSPS) is 22.4. The SMILES string of the molecule is NC(=O)CO[C@H]1CCOC[C@H]1NC(=O)C1=Cc2cc(Cl)ccc2OC1. The van der Waals surface area contributed by atoms with Gasteiger partial charge in [0.2, 0.25) is 5.91 Å². The highest BCUT2D eigenvalue weighted by molar-refractivity contribution is 6.30. The minimum Gasteiger partial charge on any atom is -0.488 e. The lowest BCUT2D eigenvalue weighted by Gasteiger charge is -2.32. The van der Waals surface area contributed by atoms with Gasteiger partial charge in [0.15, 0.2) is 0 Å². The Morgan fingerprint density at radius 3 is 3.04 bits per heavy atom. The van der Waals surface area contributed by atoms with Crippen LogP contribution in [0.15, 0.2) is 23.8 Å². The van der Waals surface area contributed by atoms with Crippen LogP contribution in [0.3, 0.4) is 0 Å². The molecule has 25 heavy (non-hydrogen) atoms. The molecule has 0 aliphatic carbocycles. The molecule has 134 valence electrons. The third-order valence-corrected chi connectivity index (χ3v) is 4.26. The molecule has 2 aliphatic rings. The van der Waals surface area contributed by atoms with Crippen LogP contribution in [0.4, 0.5) is 0 Å². The van der Waals surface area contributed by atoms with E-state index in [0.29, 0.717) is 36.0 Å². The summed E-state index contributed by atoms with van der Waals surface area (Å²) in [6, 6.07) is 4.89. The number of benzene rings is 1. The van der Waals surface area contributed by atoms with E-state index in [1.165, 1.54) is 0 Å². The molecule has 0 saturated carbocycles. The van der Waals surface area contributed by atoms with Gasteiger partial charge in [-0.15, -0.1) is 0 Å². The van der Waals surface area contributed by atoms with E-state index in [2.05, 4.69) is 5.32 Å². The zero-order chi connectivity index (χ0) is 17.8. The number of hydrogen-bond acceptors (Lipinski definition) is 5. The predicted octanol–water partition coefficient (Wildman–Crippen LogP) is 0.891. The lowest BCUT2D eigenvalue weighted by atomic mass is 10.0. The lowest BCUT2D eigenvalue weighted by Crippen LogP contribution is -2.51. The molecule has 1 aromatic rings. The zero-order valence-corrected chi connectivity index (χ0v) is 14.3. The van der Waals surface area contributed by atoms with Crippen molar-refractivity contribution in [3.63, 3.8) is 0 Å². The fourth-order valence-corrected chi connectivity index (χ4v) is 2.96. The molecule has 1 fully saturated rings. The van der Waals surface area contributed by atoms with Crippen molar-refractivity contribution >= 4 is 29.5 Å². The molecule has 1 saturated heterocycles. The van der Waals surface area contributed by atoms with E-state index in [-0.39, 0.29) is 31.3 Å². The molecule has 1 aromatic carbocycles. The van der Waals surface area contributed by atoms with Crippen LogP contribution in [0, 0.1) is 0 Å². The van der Waals surface area contributed by atoms with E-state index in [1.807, 2.05) is 0 Å². The molecule has 0 aromatic heterocycles. The first-order valence-corrected chi connectivity index (χ1v) is 8.32. The first kappa shape index (κ1) is 17.7. The Balaban J connectivity index is 1.67. The molecule has 0 bridgehead atoms. The average Bonchev–Trinajstić information content (AvgIpc) is 2.60. The molecule has 8 heteroatoms. The van der Waals surface area contributed by atoms with Crippen molar-refractivity contribution in [1.29, 1.82) is 0 Å². The smallest absolute Gasteiger partial charge is 0.251 e. The van der Waals surface area contributed by atoms with Crippen molar-refractivity contribution in [2.24, 2.45) is 5.73 Å². The number of amides is 2. The summed E-state index contributed by atoms with van der Waals surface area (Å²) >= 11 is 5.98. The number of nitrogens with one attached hydrogen (secondary N) is 1. The Bertz CT molecular complexity index is 706. The van der Waals surface area contributed by atoms with Crippen molar-refractivity contribution in [3.8, 4) is 5.75 Å². The summed E-state index contributed by atoms with van der Waals surface area (Å²) in [4.78, 5) is 23.5. The number of primary amides is 1. The molecule has 7 nitrogen and oxygen atoms in total. The van der Waals surface area contributed by atoms with Crippen molar-refractivity contribution in [1.82, 2.24) is 5.32 Å². The number of halogens is 1. The largest absolute Gasteiger partial charge is 0.488 e. The summed E-state index contributed by atoms with van der Waals surface area (Å²) < 4.78 is 16.5. The topological polar surface area (TPSA) is 99.9 Å². The van der Waals surface area contributed by atoms with Gasteiger partial charge in [-0.1, -0.05) is 11.6 Å². The number of rotatable bonds is 5. The van der Waals surface area contributed by atoms with E-state index in [9.17, 15) is 9.59 Å². The van der Waals surface area contributed by atoms with Gasteiger partial charge in [-0.25, -0.2) is 0 Å². The second-order valence-electron chi connectivity index (χ2n) is 5.90. The maximum atomic E-state index is 12.5. The van der Waals surface area contributed by atoms with Gasteiger partial charge in [-0.05, 0) is 30.7 Å². The Hall–Kier alpha value is -2.09. The van der Waals surface area contributed by atoms with Crippen LogP contribution in [0.25, 0.3) is 6.08 Å². The number of fused-ring (bicyclic) bond motifs is 1. The van der Waals surface area contributed by atoms with E-state index >= 15 is 0 Å². The molecule has 2 heterocycles. The van der Waals surface area contributed by atoms with Gasteiger partial charge in [0.1, 0.15) is 19.0 Å². The molecular weight excluding hydrogens is 348 g/mol. The average molecular weight is 367 g/mol. The Labute approximate surface area is 150 Å². The Kier molecular flexibility index (Phi) is 5.57. The van der Waals surface area contributed by atoms with E-state index in [1.54, 1.807) is 24.3 Å². The number of carbonyl (C=O) groups is 2. The second-order valence-corrected chi connectivity index (χ2v) is 6.34. The number of nitrogens with two attached hydrogens (primary N) is 1. The number of carbonyl (C=O) groups excluding carboxylic acids is 2. The first-order valence-electron chi connectivity index (χ1n) is 7.94. The first-order chi connectivity index (χ1) is 12.0. The van der Waals surface area contributed by atoms with Crippen molar-refractivity contribution in [2.45, 2.75) is 18.6 Å². The fourth-order valence-electron chi connectivity index (χ4n) is 2.78. The standard InChI is InChI=1S/C17H19ClN2O5/c18-12-1-2-14-10(6-12)5-11(7-24-14)17(22)20-13-8-23-4-3-15(13)25-9-16(19)21/h1-2,5-6,13,15H,3-4,7-9H2,(H2,19,21)(H,20,22)/t13-,15+/m1/s1. The third-order valence-electron chi connectivity index (χ3n) is 4.03. The molecule has 2 amide bonds. The van der Waals surface area contributed by atoms with Crippen LogP contribution in [-0.4, -0.2) is 50.4 Å². The summed E-state index contributed by atoms with van der Waals surface area (Å²) in [6.07, 6.45) is 2.01. The Morgan fingerprint density at radius 2 is 2.24 bits per heavy atom. The minimum absolute atomic E-state index is 0.168. The molecule has 2 aliphatic heterocycles. The molecular formula is C17H19ClN2O5. The highest BCUT2D eigenvalue weighted by Gasteiger charge is 2.30. The van der Waals surface area contributed by atoms with Gasteiger partial charge < -0.3 is 25.3 Å². The van der Waals surface area contributed by atoms with Crippen molar-refractivity contribution in [3.05, 3.63) is 34.4 Å². The highest BCUT2D eigenvalue weighted by atomic mass is 35.5. The lowest BCUT2D eigenvalue weighted by molar-refractivity contribution is -0.130. The summed E-state index contributed by atoms with van der Waals surface area (Å²) in [5, 5.41) is 3.46. The maximum absolute atomic E-state index is 12.5. The van der Waals surface area contributed by atoms with Gasteiger partial charge in [0.25, 0.3) is 5.91 Å². The zero-order valence-electron chi connectivity index (χ0n) is 13.5. The molecule has 3 N–H and O–H groups in total. The van der Waals surface area contributed by atoms with Crippen molar-refractivity contribution < 1.29 is 23.8 Å². The molecule has 0 unspecified atom stereocenters. The van der Waals surface area contributed by atoms with Gasteiger partial charge >= 0.3 is 0 Å². The summed E-state index contributed by atoms with van der Waals surface area (Å²) in [5.41, 5.74) is 6.35. The van der Waals surface area contributed by atoms with Crippen LogP contribution in [0.2, 0.25) is 5.02 Å². The fraction of sp³-hybridized carbons (Fsp3) is 0.412. The molecule has 2 atom stereocenters. The second kappa shape index (κ2) is 7.86. The van der Waals surface area contributed by atoms with Gasteiger partial charge in [-0.2, -0.15) is 0 Å². The van der Waals surface area contributed by atoms with E-state index in [0.717, 1.165) is 5.56 Å². The van der Waals surface area contributed by atoms with Crippen LogP contribution in [0.5, 0.6) is 5.75 Å². The predicted molar refractivity (Wildman–Crippen MR) is 91.2 cm³/mol. The van der Waals surface area contributed by atoms with E-state index in [4.69, 9.17) is 31.5 Å². The summed E-state index contributed by atoms with van der Waals surface area (Å²) in [6.45, 7) is 0.800. The summed E-state index contributed by atoms with van der Waals surface area (Å²) in [7, 11) is 0. The van der Waals surface area contributed by atoms with Crippen LogP contribution >= 0.6 is 11.6 Å². The van der Waals surface area contributed by atoms with Crippen LogP contribution in [-0.2, 0) is 19.1 Å². The summed E-state index contributed by atoms with van der Waals surface area (Å²) in [5.74, 6) is -0.133. The van der Waals surface area contributed by atoms with Crippen LogP contribution in [0.1, 0.15) is 12.0 Å². The third kappa shape index (κ3) is 4.50. The maximum Gasteiger partial charge on any atom is 0.251 e. The number of hydrogen-bond donors (Lipinski definition) is 2. The Morgan fingerprint density at radius 1 is 1.40 bits per heavy atom. The van der Waals surface area contributed by atoms with Crippen molar-refractivity contribution in [2.75, 3.05) is 26.4 Å². The van der Waals surface area contributed by atoms with E-state index < -0.39 is 5.91 Å².